The van der Waals surface area contributed by atoms with Gasteiger partial charge in [-0.15, -0.1) is 11.8 Å². The molecule has 0 aliphatic carbocycles. The summed E-state index contributed by atoms with van der Waals surface area (Å²) in [6.07, 6.45) is 7.17. The molecular weight excluding hydrogens is 498 g/mol. The normalized spacial score (nSPS) is 22.4. The Hall–Kier alpha value is -3.07. The third kappa shape index (κ3) is 4.03. The van der Waals surface area contributed by atoms with Gasteiger partial charge in [-0.2, -0.15) is 0 Å². The van der Waals surface area contributed by atoms with Crippen LogP contribution < -0.4 is 15.0 Å². The maximum absolute atomic E-state index is 13.7. The molecule has 2 atom stereocenters. The van der Waals surface area contributed by atoms with E-state index in [0.29, 0.717) is 22.4 Å². The number of hydrogen-bond donors (Lipinski definition) is 1. The number of methoxy groups -OCH3 is 1. The summed E-state index contributed by atoms with van der Waals surface area (Å²) in [4.78, 5) is 33.4. The lowest BCUT2D eigenvalue weighted by Crippen LogP contribution is -2.60. The van der Waals surface area contributed by atoms with Crippen LogP contribution in [-0.4, -0.2) is 48.5 Å². The van der Waals surface area contributed by atoms with E-state index in [9.17, 15) is 9.59 Å². The second-order valence-electron chi connectivity index (χ2n) is 9.09. The molecule has 3 aromatic rings. The van der Waals surface area contributed by atoms with E-state index in [2.05, 4.69) is 22.4 Å². The smallest absolute Gasteiger partial charge is 0.329 e. The minimum atomic E-state index is -0.506. The number of thioether (sulfide) groups is 1. The van der Waals surface area contributed by atoms with Gasteiger partial charge in [0.05, 0.1) is 25.0 Å². The predicted molar refractivity (Wildman–Crippen MR) is 142 cm³/mol. The van der Waals surface area contributed by atoms with Gasteiger partial charge >= 0.3 is 6.03 Å². The van der Waals surface area contributed by atoms with Crippen molar-refractivity contribution in [3.05, 3.63) is 71.0 Å². The molecule has 0 radical (unpaired) electrons. The molecule has 2 aromatic carbocycles. The highest BCUT2D eigenvalue weighted by molar-refractivity contribution is 8.09. The number of carbonyl (C=O) groups excluding carboxylic acids is 2. The zero-order chi connectivity index (χ0) is 24.8. The Morgan fingerprint density at radius 1 is 1.14 bits per heavy atom. The molecule has 2 unspecified atom stereocenters. The number of anilines is 1. The number of hydrogen-bond acceptors (Lipinski definition) is 6. The maximum Gasteiger partial charge on any atom is 0.329 e. The Kier molecular flexibility index (Phi) is 6.11. The lowest BCUT2D eigenvalue weighted by Gasteiger charge is -2.33. The van der Waals surface area contributed by atoms with Gasteiger partial charge in [0.1, 0.15) is 11.0 Å². The number of nitrogens with zero attached hydrogens (tertiary/aromatic N) is 2. The highest BCUT2D eigenvalue weighted by atomic mass is 35.5. The second-order valence-corrected chi connectivity index (χ2v) is 10.7. The van der Waals surface area contributed by atoms with Crippen LogP contribution in [0.1, 0.15) is 29.9 Å². The van der Waals surface area contributed by atoms with Gasteiger partial charge in [-0.3, -0.25) is 9.78 Å². The van der Waals surface area contributed by atoms with Crippen LogP contribution in [0.3, 0.4) is 0 Å². The Balaban J connectivity index is 1.33. The van der Waals surface area contributed by atoms with Crippen LogP contribution >= 0.6 is 23.4 Å². The van der Waals surface area contributed by atoms with Crippen LogP contribution in [0, 0.1) is 0 Å². The summed E-state index contributed by atoms with van der Waals surface area (Å²) in [5.74, 6) is 0.791. The first-order valence-corrected chi connectivity index (χ1v) is 13.1. The molecule has 3 aliphatic heterocycles. The molecule has 7 nitrogen and oxygen atoms in total. The number of rotatable bonds is 4. The number of benzene rings is 2. The third-order valence-corrected chi connectivity index (χ3v) is 8.69. The molecule has 0 bridgehead atoms. The Bertz CT molecular complexity index is 1410. The number of fused-ring (bicyclic) bond motifs is 2. The van der Waals surface area contributed by atoms with E-state index >= 15 is 0 Å². The van der Waals surface area contributed by atoms with Crippen molar-refractivity contribution in [2.75, 3.05) is 25.2 Å². The summed E-state index contributed by atoms with van der Waals surface area (Å²) in [6, 6.07) is 10.7. The topological polar surface area (TPSA) is 80.8 Å². The molecule has 2 fully saturated rings. The van der Waals surface area contributed by atoms with Gasteiger partial charge in [-0.05, 0) is 54.7 Å². The van der Waals surface area contributed by atoms with Crippen LogP contribution in [0.25, 0.3) is 15.7 Å². The van der Waals surface area contributed by atoms with Gasteiger partial charge in [0.2, 0.25) is 0 Å². The summed E-state index contributed by atoms with van der Waals surface area (Å²) in [5, 5.41) is 4.77. The van der Waals surface area contributed by atoms with Crippen molar-refractivity contribution < 1.29 is 19.1 Å². The summed E-state index contributed by atoms with van der Waals surface area (Å²) in [6.45, 7) is 1.48. The lowest BCUT2D eigenvalue weighted by molar-refractivity contribution is -0.118. The Morgan fingerprint density at radius 3 is 2.78 bits per heavy atom. The highest BCUT2D eigenvalue weighted by Crippen LogP contribution is 2.45. The van der Waals surface area contributed by atoms with Gasteiger partial charge in [-0.25, -0.2) is 9.69 Å². The van der Waals surface area contributed by atoms with E-state index in [1.807, 2.05) is 18.2 Å². The SMILES string of the molecule is COc1ccc(Cl)c(C2=CC3NC(=O)N(c4cncc5ccc(C6CCOCC6)cc45)C(=O)C3S2)c1. The van der Waals surface area contributed by atoms with E-state index in [1.54, 1.807) is 31.6 Å². The molecule has 184 valence electrons. The fourth-order valence-electron chi connectivity index (χ4n) is 5.09. The lowest BCUT2D eigenvalue weighted by atomic mass is 9.90. The van der Waals surface area contributed by atoms with Crippen LogP contribution in [-0.2, 0) is 9.53 Å². The number of imide groups is 1. The van der Waals surface area contributed by atoms with Gasteiger partial charge in [-0.1, -0.05) is 23.7 Å². The first kappa shape index (κ1) is 23.3. The van der Waals surface area contributed by atoms with Gasteiger partial charge in [0.25, 0.3) is 5.91 Å². The van der Waals surface area contributed by atoms with Crippen molar-refractivity contribution in [1.29, 1.82) is 0 Å². The number of pyridine rings is 1. The minimum absolute atomic E-state index is 0.273. The molecule has 4 heterocycles. The summed E-state index contributed by atoms with van der Waals surface area (Å²) in [5.41, 5.74) is 2.46. The number of carbonyl (C=O) groups is 2. The summed E-state index contributed by atoms with van der Waals surface area (Å²) in [7, 11) is 1.59. The minimum Gasteiger partial charge on any atom is -0.497 e. The van der Waals surface area contributed by atoms with Crippen molar-refractivity contribution in [2.45, 2.75) is 30.1 Å². The number of ether oxygens (including phenoxy) is 2. The predicted octanol–water partition coefficient (Wildman–Crippen LogP) is 5.37. The van der Waals surface area contributed by atoms with E-state index in [1.165, 1.54) is 22.2 Å². The largest absolute Gasteiger partial charge is 0.497 e. The number of aromatic nitrogens is 1. The van der Waals surface area contributed by atoms with Crippen molar-refractivity contribution in [2.24, 2.45) is 0 Å². The van der Waals surface area contributed by atoms with Crippen molar-refractivity contribution in [3.8, 4) is 5.75 Å². The van der Waals surface area contributed by atoms with Crippen molar-refractivity contribution in [3.63, 3.8) is 0 Å². The molecule has 9 heteroatoms. The molecule has 1 N–H and O–H groups in total. The Morgan fingerprint density at radius 2 is 1.97 bits per heavy atom. The average Bonchev–Trinajstić information content (AvgIpc) is 3.33. The zero-order valence-electron chi connectivity index (χ0n) is 19.6. The Labute approximate surface area is 217 Å². The standard InChI is InChI=1S/C27H24ClN3O4S/c1-34-18-4-5-21(28)20(11-18)24-12-22-25(36-24)26(32)31(27(33)30-22)23-14-29-13-17-3-2-16(10-19(17)23)15-6-8-35-9-7-15/h2-5,10-15,22,25H,6-9H2,1H3,(H,30,33). The number of halogens is 1. The summed E-state index contributed by atoms with van der Waals surface area (Å²) < 4.78 is 10.9. The van der Waals surface area contributed by atoms with E-state index in [4.69, 9.17) is 21.1 Å². The van der Waals surface area contributed by atoms with Gasteiger partial charge in [0, 0.05) is 45.7 Å². The molecule has 3 amide bonds. The van der Waals surface area contributed by atoms with E-state index < -0.39 is 17.3 Å². The monoisotopic (exact) mass is 521 g/mol. The van der Waals surface area contributed by atoms with E-state index in [0.717, 1.165) is 47.3 Å². The fourth-order valence-corrected chi connectivity index (χ4v) is 6.66. The highest BCUT2D eigenvalue weighted by Gasteiger charge is 2.46. The van der Waals surface area contributed by atoms with Crippen LogP contribution in [0.15, 0.2) is 54.9 Å². The second kappa shape index (κ2) is 9.42. The fraction of sp³-hybridized carbons (Fsp3) is 0.296. The van der Waals surface area contributed by atoms with Crippen LogP contribution in [0.4, 0.5) is 10.5 Å². The van der Waals surface area contributed by atoms with Crippen molar-refractivity contribution >= 4 is 56.7 Å². The summed E-state index contributed by atoms with van der Waals surface area (Å²) >= 11 is 7.86. The maximum atomic E-state index is 13.7. The molecule has 1 aromatic heterocycles. The molecule has 2 saturated heterocycles. The first-order valence-electron chi connectivity index (χ1n) is 11.9. The quantitative estimate of drug-likeness (QED) is 0.497. The van der Waals surface area contributed by atoms with Crippen LogP contribution in [0.5, 0.6) is 5.75 Å². The zero-order valence-corrected chi connectivity index (χ0v) is 21.1. The van der Waals surface area contributed by atoms with Crippen LogP contribution in [0.2, 0.25) is 5.02 Å². The molecule has 6 rings (SSSR count). The molecule has 0 saturated carbocycles. The number of nitrogens with one attached hydrogen (secondary N) is 1. The number of urea groups is 1. The van der Waals surface area contributed by atoms with Crippen molar-refractivity contribution in [1.82, 2.24) is 10.3 Å². The molecule has 36 heavy (non-hydrogen) atoms. The van der Waals surface area contributed by atoms with E-state index in [-0.39, 0.29) is 5.91 Å². The molecule has 3 aliphatic rings. The molecule has 0 spiro atoms. The van der Waals surface area contributed by atoms with Gasteiger partial charge < -0.3 is 14.8 Å². The van der Waals surface area contributed by atoms with Gasteiger partial charge in [0.15, 0.2) is 0 Å². The third-order valence-electron chi connectivity index (χ3n) is 7.00. The average molecular weight is 522 g/mol. The molecular formula is C27H24ClN3O4S. The first-order chi connectivity index (χ1) is 17.5. The number of amides is 3.